The van der Waals surface area contributed by atoms with Crippen LogP contribution < -0.4 is 0 Å². The molecule has 0 aromatic rings. The maximum atomic E-state index is 13.1. The van der Waals surface area contributed by atoms with E-state index in [-0.39, 0.29) is 25.7 Å². The molecular weight excluding hydrogens is 1340 g/mol. The van der Waals surface area contributed by atoms with Crippen molar-refractivity contribution in [1.29, 1.82) is 0 Å². The van der Waals surface area contributed by atoms with Gasteiger partial charge in [0.25, 0.3) is 0 Å². The number of hydrogen-bond donors (Lipinski definition) is 3. The lowest BCUT2D eigenvalue weighted by molar-refractivity contribution is -0.161. The summed E-state index contributed by atoms with van der Waals surface area (Å²) in [5, 5.41) is 10.7. The Morgan fingerprint density at radius 2 is 0.408 bits per heavy atom. The van der Waals surface area contributed by atoms with Crippen molar-refractivity contribution in [3.8, 4) is 0 Å². The van der Waals surface area contributed by atoms with E-state index < -0.39 is 97.5 Å². The molecule has 0 fully saturated rings. The summed E-state index contributed by atoms with van der Waals surface area (Å²) in [4.78, 5) is 73.2. The van der Waals surface area contributed by atoms with Gasteiger partial charge in [-0.2, -0.15) is 0 Å². The van der Waals surface area contributed by atoms with Gasteiger partial charge in [-0.25, -0.2) is 9.13 Å². The van der Waals surface area contributed by atoms with E-state index in [1.165, 1.54) is 238 Å². The SMILES string of the molecule is CC(C)CCCCCCCCCCCCCCCCCCC(=O)O[C@H](COC(=O)CCCCCCCCCCCCCCCC(C)C)COP(=O)(O)OC[C@@H](O)COP(=O)(O)OC[C@@H](COC(=O)CCCCCCCCCCCC(C)C)OC(=O)CCCCCCCCCCCCCCCC(C)C. The number of carbonyl (C=O) groups excluding carboxylic acids is 4. The lowest BCUT2D eigenvalue weighted by Gasteiger charge is -2.21. The quantitative estimate of drug-likeness (QED) is 0.0222. The molecule has 5 atom stereocenters. The Hall–Kier alpha value is -1.94. The van der Waals surface area contributed by atoms with Gasteiger partial charge in [-0.15, -0.1) is 0 Å². The molecule has 2 unspecified atom stereocenters. The number of aliphatic hydroxyl groups is 1. The molecule has 0 radical (unpaired) electrons. The van der Waals surface area contributed by atoms with Crippen molar-refractivity contribution in [2.24, 2.45) is 23.7 Å². The topological polar surface area (TPSA) is 237 Å². The van der Waals surface area contributed by atoms with Crippen molar-refractivity contribution >= 4 is 39.5 Å². The Labute approximate surface area is 632 Å². The summed E-state index contributed by atoms with van der Waals surface area (Å²) in [6.45, 7) is 14.3. The van der Waals surface area contributed by atoms with Crippen molar-refractivity contribution in [2.75, 3.05) is 39.6 Å². The molecule has 3 N–H and O–H groups in total. The molecule has 0 heterocycles. The van der Waals surface area contributed by atoms with E-state index in [0.717, 1.165) is 114 Å². The fraction of sp³-hybridized carbons (Fsp3) is 0.952. The number of phosphoric ester groups is 2. The van der Waals surface area contributed by atoms with Crippen molar-refractivity contribution in [2.45, 2.75) is 453 Å². The predicted molar refractivity (Wildman–Crippen MR) is 423 cm³/mol. The summed E-state index contributed by atoms with van der Waals surface area (Å²) in [5.74, 6) is 1.02. The first-order valence-electron chi connectivity index (χ1n) is 43.2. The van der Waals surface area contributed by atoms with E-state index >= 15 is 0 Å². The van der Waals surface area contributed by atoms with Gasteiger partial charge < -0.3 is 33.8 Å². The summed E-state index contributed by atoms with van der Waals surface area (Å²) >= 11 is 0. The number of rotatable bonds is 81. The van der Waals surface area contributed by atoms with Gasteiger partial charge in [0.05, 0.1) is 26.4 Å². The predicted octanol–water partition coefficient (Wildman–Crippen LogP) is 25.2. The van der Waals surface area contributed by atoms with E-state index in [2.05, 4.69) is 55.4 Å². The van der Waals surface area contributed by atoms with E-state index in [9.17, 15) is 43.2 Å². The highest BCUT2D eigenvalue weighted by molar-refractivity contribution is 7.47. The third kappa shape index (κ3) is 78.0. The summed E-state index contributed by atoms with van der Waals surface area (Å²) in [6.07, 6.45) is 61.0. The number of aliphatic hydroxyl groups excluding tert-OH is 1. The van der Waals surface area contributed by atoms with Gasteiger partial charge in [0.2, 0.25) is 0 Å². The molecule has 17 nitrogen and oxygen atoms in total. The van der Waals surface area contributed by atoms with Crippen LogP contribution in [-0.2, 0) is 65.4 Å². The average molecular weight is 1510 g/mol. The van der Waals surface area contributed by atoms with Gasteiger partial charge in [-0.1, -0.05) is 383 Å². The van der Waals surface area contributed by atoms with E-state index in [0.29, 0.717) is 25.7 Å². The lowest BCUT2D eigenvalue weighted by atomic mass is 10.0. The second-order valence-electron chi connectivity index (χ2n) is 32.1. The van der Waals surface area contributed by atoms with Gasteiger partial charge in [0.15, 0.2) is 12.2 Å². The van der Waals surface area contributed by atoms with Crippen molar-refractivity contribution in [3.05, 3.63) is 0 Å². The average Bonchev–Trinajstić information content (AvgIpc) is 1.15. The van der Waals surface area contributed by atoms with Gasteiger partial charge in [0.1, 0.15) is 19.3 Å². The molecule has 19 heteroatoms. The molecule has 612 valence electrons. The zero-order valence-corrected chi connectivity index (χ0v) is 69.7. The van der Waals surface area contributed by atoms with Crippen LogP contribution in [0.3, 0.4) is 0 Å². The van der Waals surface area contributed by atoms with Gasteiger partial charge >= 0.3 is 39.5 Å². The Kier molecular flexibility index (Phi) is 71.5. The number of phosphoric acid groups is 2. The van der Waals surface area contributed by atoms with Crippen LogP contribution in [-0.4, -0.2) is 96.7 Å². The Bertz CT molecular complexity index is 2010. The minimum absolute atomic E-state index is 0.107. The number of hydrogen-bond acceptors (Lipinski definition) is 15. The highest BCUT2D eigenvalue weighted by Crippen LogP contribution is 2.45. The van der Waals surface area contributed by atoms with E-state index in [1.807, 2.05) is 0 Å². The molecule has 0 saturated heterocycles. The van der Waals surface area contributed by atoms with Crippen LogP contribution in [0.15, 0.2) is 0 Å². The van der Waals surface area contributed by atoms with Crippen molar-refractivity contribution < 1.29 is 80.2 Å². The second kappa shape index (κ2) is 72.9. The molecule has 0 saturated carbocycles. The molecule has 0 aliphatic rings. The van der Waals surface area contributed by atoms with Crippen LogP contribution in [0.5, 0.6) is 0 Å². The first kappa shape index (κ1) is 101. The number of ether oxygens (including phenoxy) is 4. The molecule has 103 heavy (non-hydrogen) atoms. The zero-order valence-electron chi connectivity index (χ0n) is 68.0. The number of esters is 4. The summed E-state index contributed by atoms with van der Waals surface area (Å²) in [5.41, 5.74) is 0. The van der Waals surface area contributed by atoms with Crippen LogP contribution in [0.4, 0.5) is 0 Å². The fourth-order valence-electron chi connectivity index (χ4n) is 13.0. The van der Waals surface area contributed by atoms with Crippen LogP contribution in [0, 0.1) is 23.7 Å². The highest BCUT2D eigenvalue weighted by Gasteiger charge is 2.30. The first-order chi connectivity index (χ1) is 49.6. The normalized spacial score (nSPS) is 14.0. The van der Waals surface area contributed by atoms with Gasteiger partial charge in [-0.05, 0) is 49.4 Å². The third-order valence-electron chi connectivity index (χ3n) is 19.6. The third-order valence-corrected chi connectivity index (χ3v) is 21.5. The van der Waals surface area contributed by atoms with Crippen LogP contribution in [0.25, 0.3) is 0 Å². The highest BCUT2D eigenvalue weighted by atomic mass is 31.2. The second-order valence-corrected chi connectivity index (χ2v) is 35.0. The van der Waals surface area contributed by atoms with E-state index in [4.69, 9.17) is 37.0 Å². The zero-order chi connectivity index (χ0) is 76.0. The Balaban J connectivity index is 5.27. The molecule has 0 aliphatic carbocycles. The van der Waals surface area contributed by atoms with Crippen LogP contribution >= 0.6 is 15.6 Å². The standard InChI is InChI=1S/C84H164O17P2/c1-74(2)60-52-44-36-28-21-15-11-9-10-12-18-25-33-42-50-58-66-83(88)100-79(70-94-81(86)64-56-48-40-32-24-19-13-16-22-29-37-45-53-61-75(3)4)72-98-102(90,91)96-68-78(85)69-97-103(92,93)99-73-80(71-95-82(87)65-57-49-41-35-27-31-39-47-55-63-77(7)8)101-84(89)67-59-51-43-34-26-20-14-17-23-30-38-46-54-62-76(5)6/h74-80,85H,9-73H2,1-8H3,(H,90,91)(H,92,93)/t78-,79-,80-/m1/s1. The van der Waals surface area contributed by atoms with Crippen LogP contribution in [0.2, 0.25) is 0 Å². The first-order valence-corrected chi connectivity index (χ1v) is 46.2. The number of carbonyl (C=O) groups is 4. The largest absolute Gasteiger partial charge is 0.472 e. The van der Waals surface area contributed by atoms with Crippen molar-refractivity contribution in [1.82, 2.24) is 0 Å². The summed E-state index contributed by atoms with van der Waals surface area (Å²) in [6, 6.07) is 0. The summed E-state index contributed by atoms with van der Waals surface area (Å²) < 4.78 is 68.9. The van der Waals surface area contributed by atoms with Gasteiger partial charge in [0, 0.05) is 25.7 Å². The summed E-state index contributed by atoms with van der Waals surface area (Å²) in [7, 11) is -9.93. The van der Waals surface area contributed by atoms with E-state index in [1.54, 1.807) is 0 Å². The minimum atomic E-state index is -4.97. The number of unbranched alkanes of at least 4 members (excludes halogenated alkanes) is 47. The smallest absolute Gasteiger partial charge is 0.462 e. The molecule has 0 aromatic heterocycles. The molecule has 0 rings (SSSR count). The molecule has 0 amide bonds. The Morgan fingerprint density at radius 3 is 0.602 bits per heavy atom. The monoisotopic (exact) mass is 1510 g/mol. The van der Waals surface area contributed by atoms with Crippen LogP contribution in [0.1, 0.15) is 434 Å². The fourth-order valence-corrected chi connectivity index (χ4v) is 14.5. The van der Waals surface area contributed by atoms with Gasteiger partial charge in [-0.3, -0.25) is 37.3 Å². The lowest BCUT2D eigenvalue weighted by Crippen LogP contribution is -2.30. The molecular formula is C84H164O17P2. The minimum Gasteiger partial charge on any atom is -0.462 e. The molecule has 0 aliphatic heterocycles. The maximum absolute atomic E-state index is 13.1. The molecule has 0 spiro atoms. The molecule has 0 aromatic carbocycles. The Morgan fingerprint density at radius 1 is 0.243 bits per heavy atom. The maximum Gasteiger partial charge on any atom is 0.472 e. The van der Waals surface area contributed by atoms with Crippen molar-refractivity contribution in [3.63, 3.8) is 0 Å². The molecule has 0 bridgehead atoms.